The van der Waals surface area contributed by atoms with Crippen LogP contribution in [0.15, 0.2) is 42.7 Å². The standard InChI is InChI=1S/C17H18ClN3O/c1-20-8-3-5-16(14-4-2-9-21-12-14)22-17-10-15(18)7-6-13(17)11-19/h2,4,6-7,9-10,12,16,20H,3,5,8H2,1H3. The third-order valence-electron chi connectivity index (χ3n) is 3.28. The van der Waals surface area contributed by atoms with Crippen LogP contribution in [0.2, 0.25) is 5.02 Å². The molecular formula is C17H18ClN3O. The van der Waals surface area contributed by atoms with Crippen LogP contribution in [0.3, 0.4) is 0 Å². The highest BCUT2D eigenvalue weighted by atomic mass is 35.5. The summed E-state index contributed by atoms with van der Waals surface area (Å²) in [5, 5.41) is 12.9. The lowest BCUT2D eigenvalue weighted by atomic mass is 10.1. The predicted molar refractivity (Wildman–Crippen MR) is 86.9 cm³/mol. The van der Waals surface area contributed by atoms with Crippen molar-refractivity contribution in [3.63, 3.8) is 0 Å². The van der Waals surface area contributed by atoms with Crippen LogP contribution in [-0.2, 0) is 0 Å². The summed E-state index contributed by atoms with van der Waals surface area (Å²) in [7, 11) is 1.92. The SMILES string of the molecule is CNCCCC(Oc1cc(Cl)ccc1C#N)c1cccnc1. The van der Waals surface area contributed by atoms with Crippen molar-refractivity contribution < 1.29 is 4.74 Å². The number of hydrogen-bond donors (Lipinski definition) is 1. The molecule has 1 N–H and O–H groups in total. The highest BCUT2D eigenvalue weighted by Crippen LogP contribution is 2.30. The van der Waals surface area contributed by atoms with Gasteiger partial charge in [0.25, 0.3) is 0 Å². The zero-order chi connectivity index (χ0) is 15.8. The number of pyridine rings is 1. The van der Waals surface area contributed by atoms with E-state index in [1.807, 2.05) is 19.2 Å². The van der Waals surface area contributed by atoms with E-state index >= 15 is 0 Å². The fraction of sp³-hybridized carbons (Fsp3) is 0.294. The number of hydrogen-bond acceptors (Lipinski definition) is 4. The summed E-state index contributed by atoms with van der Waals surface area (Å²) >= 11 is 6.02. The molecule has 2 aromatic rings. The van der Waals surface area contributed by atoms with E-state index in [9.17, 15) is 5.26 Å². The van der Waals surface area contributed by atoms with E-state index in [0.29, 0.717) is 16.3 Å². The number of nitrogens with zero attached hydrogens (tertiary/aromatic N) is 2. The number of halogens is 1. The Labute approximate surface area is 135 Å². The third-order valence-corrected chi connectivity index (χ3v) is 3.52. The zero-order valence-corrected chi connectivity index (χ0v) is 13.2. The van der Waals surface area contributed by atoms with Crippen LogP contribution in [0.4, 0.5) is 0 Å². The van der Waals surface area contributed by atoms with Crippen LogP contribution in [0, 0.1) is 11.3 Å². The normalized spacial score (nSPS) is 11.7. The minimum Gasteiger partial charge on any atom is -0.484 e. The van der Waals surface area contributed by atoms with Crippen molar-refractivity contribution in [3.05, 3.63) is 58.9 Å². The maximum atomic E-state index is 9.21. The molecule has 0 aliphatic carbocycles. The average molecular weight is 316 g/mol. The van der Waals surface area contributed by atoms with Gasteiger partial charge in [-0.15, -0.1) is 0 Å². The molecule has 4 nitrogen and oxygen atoms in total. The van der Waals surface area contributed by atoms with Gasteiger partial charge in [-0.1, -0.05) is 17.7 Å². The molecule has 22 heavy (non-hydrogen) atoms. The second kappa shape index (κ2) is 8.38. The Morgan fingerprint density at radius 1 is 1.41 bits per heavy atom. The van der Waals surface area contributed by atoms with E-state index in [1.54, 1.807) is 30.6 Å². The summed E-state index contributed by atoms with van der Waals surface area (Å²) in [5.41, 5.74) is 1.47. The van der Waals surface area contributed by atoms with Crippen LogP contribution in [0.25, 0.3) is 0 Å². The van der Waals surface area contributed by atoms with Gasteiger partial charge in [0.05, 0.1) is 5.56 Å². The number of benzene rings is 1. The molecule has 1 atom stereocenters. The molecule has 2 rings (SSSR count). The first-order valence-corrected chi connectivity index (χ1v) is 7.53. The Hall–Kier alpha value is -2.09. The molecule has 5 heteroatoms. The van der Waals surface area contributed by atoms with Crippen LogP contribution in [0.5, 0.6) is 5.75 Å². The van der Waals surface area contributed by atoms with Gasteiger partial charge >= 0.3 is 0 Å². The largest absolute Gasteiger partial charge is 0.484 e. The Kier molecular flexibility index (Phi) is 6.20. The summed E-state index contributed by atoms with van der Waals surface area (Å²) in [6, 6.07) is 11.0. The van der Waals surface area contributed by atoms with Crippen molar-refractivity contribution in [1.82, 2.24) is 10.3 Å². The Bertz CT molecular complexity index is 640. The van der Waals surface area contributed by atoms with Gasteiger partial charge in [0.1, 0.15) is 17.9 Å². The van der Waals surface area contributed by atoms with E-state index in [2.05, 4.69) is 16.4 Å². The first-order valence-electron chi connectivity index (χ1n) is 7.15. The van der Waals surface area contributed by atoms with Crippen LogP contribution >= 0.6 is 11.6 Å². The summed E-state index contributed by atoms with van der Waals surface area (Å²) in [5.74, 6) is 0.508. The lowest BCUT2D eigenvalue weighted by Crippen LogP contribution is -2.13. The van der Waals surface area contributed by atoms with Crippen molar-refractivity contribution in [2.45, 2.75) is 18.9 Å². The molecule has 0 saturated carbocycles. The molecule has 0 fully saturated rings. The van der Waals surface area contributed by atoms with Gasteiger partial charge in [0, 0.05) is 29.0 Å². The minimum absolute atomic E-state index is 0.160. The Morgan fingerprint density at radius 3 is 2.95 bits per heavy atom. The predicted octanol–water partition coefficient (Wildman–Crippen LogP) is 3.73. The van der Waals surface area contributed by atoms with Crippen molar-refractivity contribution in [2.75, 3.05) is 13.6 Å². The van der Waals surface area contributed by atoms with Gasteiger partial charge in [0.2, 0.25) is 0 Å². The molecule has 1 heterocycles. The zero-order valence-electron chi connectivity index (χ0n) is 12.4. The molecule has 0 amide bonds. The summed E-state index contributed by atoms with van der Waals surface area (Å²) in [6.45, 7) is 0.904. The van der Waals surface area contributed by atoms with Crippen LogP contribution in [-0.4, -0.2) is 18.6 Å². The molecule has 114 valence electrons. The molecule has 1 unspecified atom stereocenters. The van der Waals surface area contributed by atoms with Gasteiger partial charge in [-0.05, 0) is 44.6 Å². The molecule has 0 saturated heterocycles. The first-order chi connectivity index (χ1) is 10.7. The maximum absolute atomic E-state index is 9.21. The van der Waals surface area contributed by atoms with Crippen molar-refractivity contribution in [1.29, 1.82) is 5.26 Å². The number of rotatable bonds is 7. The van der Waals surface area contributed by atoms with Gasteiger partial charge in [-0.3, -0.25) is 4.98 Å². The third kappa shape index (κ3) is 4.45. The number of nitrogens with one attached hydrogen (secondary N) is 1. The lowest BCUT2D eigenvalue weighted by molar-refractivity contribution is 0.191. The topological polar surface area (TPSA) is 57.9 Å². The fourth-order valence-electron chi connectivity index (χ4n) is 2.16. The molecule has 0 bridgehead atoms. The maximum Gasteiger partial charge on any atom is 0.139 e. The van der Waals surface area contributed by atoms with E-state index in [4.69, 9.17) is 16.3 Å². The molecule has 1 aromatic heterocycles. The van der Waals surface area contributed by atoms with Gasteiger partial charge in [-0.25, -0.2) is 0 Å². The second-order valence-electron chi connectivity index (χ2n) is 4.89. The quantitative estimate of drug-likeness (QED) is 0.791. The van der Waals surface area contributed by atoms with Crippen molar-refractivity contribution >= 4 is 11.6 Å². The molecular weight excluding hydrogens is 298 g/mol. The smallest absolute Gasteiger partial charge is 0.139 e. The van der Waals surface area contributed by atoms with Gasteiger partial charge < -0.3 is 10.1 Å². The number of ether oxygens (including phenoxy) is 1. The Balaban J connectivity index is 2.23. The van der Waals surface area contributed by atoms with E-state index < -0.39 is 0 Å². The number of aromatic nitrogens is 1. The average Bonchev–Trinajstić information content (AvgIpc) is 2.55. The number of nitriles is 1. The summed E-state index contributed by atoms with van der Waals surface area (Å²) in [6.07, 6.45) is 5.14. The summed E-state index contributed by atoms with van der Waals surface area (Å²) in [4.78, 5) is 4.15. The van der Waals surface area contributed by atoms with Crippen molar-refractivity contribution in [3.8, 4) is 11.8 Å². The fourth-order valence-corrected chi connectivity index (χ4v) is 2.33. The van der Waals surface area contributed by atoms with Crippen molar-refractivity contribution in [2.24, 2.45) is 0 Å². The first kappa shape index (κ1) is 16.3. The highest BCUT2D eigenvalue weighted by Gasteiger charge is 2.16. The van der Waals surface area contributed by atoms with E-state index in [1.165, 1.54) is 0 Å². The second-order valence-corrected chi connectivity index (χ2v) is 5.33. The van der Waals surface area contributed by atoms with Gasteiger partial charge in [-0.2, -0.15) is 5.26 Å². The van der Waals surface area contributed by atoms with Crippen LogP contribution < -0.4 is 10.1 Å². The monoisotopic (exact) mass is 315 g/mol. The molecule has 0 spiro atoms. The lowest BCUT2D eigenvalue weighted by Gasteiger charge is -2.20. The Morgan fingerprint density at radius 2 is 2.27 bits per heavy atom. The molecule has 0 radical (unpaired) electrons. The van der Waals surface area contributed by atoms with Crippen LogP contribution in [0.1, 0.15) is 30.1 Å². The molecule has 1 aromatic carbocycles. The molecule has 0 aliphatic heterocycles. The molecule has 0 aliphatic rings. The minimum atomic E-state index is -0.160. The van der Waals surface area contributed by atoms with E-state index in [0.717, 1.165) is 24.9 Å². The summed E-state index contributed by atoms with van der Waals surface area (Å²) < 4.78 is 6.08. The highest BCUT2D eigenvalue weighted by molar-refractivity contribution is 6.30. The van der Waals surface area contributed by atoms with Gasteiger partial charge in [0.15, 0.2) is 0 Å². The van der Waals surface area contributed by atoms with E-state index in [-0.39, 0.29) is 6.10 Å².